The van der Waals surface area contributed by atoms with Crippen LogP contribution >= 0.6 is 11.8 Å². The average Bonchev–Trinajstić information content (AvgIpc) is 2.18. The van der Waals surface area contributed by atoms with E-state index in [1.54, 1.807) is 24.3 Å². The molecule has 1 rings (SSSR count). The number of hydrogen-bond donors (Lipinski definition) is 0. The fraction of sp³-hybridized carbons (Fsp3) is 0.200. The van der Waals surface area contributed by atoms with Crippen LogP contribution in [0, 0.1) is 0 Å². The molecule has 1 aromatic rings. The predicted molar refractivity (Wildman–Crippen MR) is 54.7 cm³/mol. The molecule has 0 aliphatic heterocycles. The van der Waals surface area contributed by atoms with Gasteiger partial charge in [-0.1, -0.05) is 12.1 Å². The molecular formula is C10H10O3S. The van der Waals surface area contributed by atoms with Crippen LogP contribution in [0.25, 0.3) is 0 Å². The minimum atomic E-state index is -0.361. The van der Waals surface area contributed by atoms with Gasteiger partial charge in [0.15, 0.2) is 5.78 Å². The van der Waals surface area contributed by atoms with Gasteiger partial charge in [-0.2, -0.15) is 0 Å². The topological polar surface area (TPSA) is 43.4 Å². The SMILES string of the molecule is COC(=O)Sc1ccc(C(C)=O)cc1. The van der Waals surface area contributed by atoms with E-state index in [4.69, 9.17) is 0 Å². The third kappa shape index (κ3) is 2.88. The van der Waals surface area contributed by atoms with Crippen LogP contribution in [-0.4, -0.2) is 18.2 Å². The predicted octanol–water partition coefficient (Wildman–Crippen LogP) is 2.75. The molecule has 3 nitrogen and oxygen atoms in total. The number of carbonyl (C=O) groups is 2. The van der Waals surface area contributed by atoms with Gasteiger partial charge in [-0.25, -0.2) is 4.79 Å². The highest BCUT2D eigenvalue weighted by atomic mass is 32.2. The first kappa shape index (κ1) is 10.8. The lowest BCUT2D eigenvalue weighted by Gasteiger charge is -1.99. The van der Waals surface area contributed by atoms with E-state index in [2.05, 4.69) is 4.74 Å². The molecule has 1 aromatic carbocycles. The summed E-state index contributed by atoms with van der Waals surface area (Å²) in [7, 11) is 1.33. The largest absolute Gasteiger partial charge is 0.461 e. The number of ketones is 1. The van der Waals surface area contributed by atoms with Crippen LogP contribution in [0.3, 0.4) is 0 Å². The van der Waals surface area contributed by atoms with Gasteiger partial charge in [-0.3, -0.25) is 4.79 Å². The van der Waals surface area contributed by atoms with Crippen molar-refractivity contribution in [2.45, 2.75) is 11.8 Å². The zero-order valence-corrected chi connectivity index (χ0v) is 8.76. The third-order valence-corrected chi connectivity index (χ3v) is 2.47. The van der Waals surface area contributed by atoms with Crippen LogP contribution in [0.2, 0.25) is 0 Å². The molecule has 0 saturated carbocycles. The second kappa shape index (κ2) is 4.81. The number of hydrogen-bond acceptors (Lipinski definition) is 4. The molecule has 0 heterocycles. The van der Waals surface area contributed by atoms with Crippen molar-refractivity contribution in [3.8, 4) is 0 Å². The molecule has 0 N–H and O–H groups in total. The zero-order valence-electron chi connectivity index (χ0n) is 7.94. The fourth-order valence-corrected chi connectivity index (χ4v) is 1.44. The quantitative estimate of drug-likeness (QED) is 0.427. The summed E-state index contributed by atoms with van der Waals surface area (Å²) in [4.78, 5) is 22.6. The lowest BCUT2D eigenvalue weighted by Crippen LogP contribution is -1.92. The molecular weight excluding hydrogens is 200 g/mol. The van der Waals surface area contributed by atoms with Crippen LogP contribution in [0.15, 0.2) is 29.2 Å². The van der Waals surface area contributed by atoms with Crippen LogP contribution in [0.1, 0.15) is 17.3 Å². The van der Waals surface area contributed by atoms with Gasteiger partial charge >= 0.3 is 5.30 Å². The zero-order chi connectivity index (χ0) is 10.6. The van der Waals surface area contributed by atoms with Gasteiger partial charge in [0, 0.05) is 10.5 Å². The first-order chi connectivity index (χ1) is 6.63. The van der Waals surface area contributed by atoms with Crippen LogP contribution < -0.4 is 0 Å². The average molecular weight is 210 g/mol. The minimum absolute atomic E-state index is 0.0135. The number of ether oxygens (including phenoxy) is 1. The molecule has 0 fully saturated rings. The molecule has 0 atom stereocenters. The summed E-state index contributed by atoms with van der Waals surface area (Å²) < 4.78 is 4.49. The maximum atomic E-state index is 10.9. The van der Waals surface area contributed by atoms with Crippen molar-refractivity contribution < 1.29 is 14.3 Å². The molecule has 14 heavy (non-hydrogen) atoms. The van der Waals surface area contributed by atoms with Crippen molar-refractivity contribution in [3.63, 3.8) is 0 Å². The van der Waals surface area contributed by atoms with Crippen LogP contribution in [0.4, 0.5) is 4.79 Å². The summed E-state index contributed by atoms with van der Waals surface area (Å²) in [5, 5.41) is -0.361. The summed E-state index contributed by atoms with van der Waals surface area (Å²) >= 11 is 0.992. The van der Waals surface area contributed by atoms with Crippen molar-refractivity contribution >= 4 is 22.8 Å². The summed E-state index contributed by atoms with van der Waals surface area (Å²) in [6, 6.07) is 6.82. The summed E-state index contributed by atoms with van der Waals surface area (Å²) in [6.45, 7) is 1.50. The van der Waals surface area contributed by atoms with Gasteiger partial charge < -0.3 is 4.74 Å². The molecule has 0 radical (unpaired) electrons. The van der Waals surface area contributed by atoms with Gasteiger partial charge in [0.1, 0.15) is 0 Å². The van der Waals surface area contributed by atoms with E-state index < -0.39 is 0 Å². The Morgan fingerprint density at radius 3 is 2.21 bits per heavy atom. The summed E-state index contributed by atoms with van der Waals surface area (Å²) in [5.41, 5.74) is 0.638. The van der Waals surface area contributed by atoms with Crippen molar-refractivity contribution in [3.05, 3.63) is 29.8 Å². The molecule has 0 saturated heterocycles. The van der Waals surface area contributed by atoms with E-state index >= 15 is 0 Å². The number of methoxy groups -OCH3 is 1. The van der Waals surface area contributed by atoms with Gasteiger partial charge in [-0.05, 0) is 30.8 Å². The first-order valence-corrected chi connectivity index (χ1v) is 4.82. The Morgan fingerprint density at radius 1 is 1.21 bits per heavy atom. The van der Waals surface area contributed by atoms with Gasteiger partial charge in [0.25, 0.3) is 0 Å². The van der Waals surface area contributed by atoms with Crippen LogP contribution in [0.5, 0.6) is 0 Å². The lowest BCUT2D eigenvalue weighted by atomic mass is 10.2. The molecule has 0 aliphatic carbocycles. The standard InChI is InChI=1S/C10H10O3S/c1-7(11)8-3-5-9(6-4-8)14-10(12)13-2/h3-6H,1-2H3. The van der Waals surface area contributed by atoms with Crippen molar-refractivity contribution in [1.29, 1.82) is 0 Å². The monoisotopic (exact) mass is 210 g/mol. The Morgan fingerprint density at radius 2 is 1.79 bits per heavy atom. The van der Waals surface area contributed by atoms with Crippen molar-refractivity contribution in [1.82, 2.24) is 0 Å². The molecule has 74 valence electrons. The lowest BCUT2D eigenvalue weighted by molar-refractivity contribution is 0.101. The van der Waals surface area contributed by atoms with E-state index in [1.807, 2.05) is 0 Å². The van der Waals surface area contributed by atoms with Crippen LogP contribution in [-0.2, 0) is 4.74 Å². The molecule has 0 spiro atoms. The number of carbonyl (C=O) groups excluding carboxylic acids is 2. The molecule has 0 bridgehead atoms. The maximum absolute atomic E-state index is 10.9. The highest BCUT2D eigenvalue weighted by molar-refractivity contribution is 8.13. The van der Waals surface area contributed by atoms with E-state index in [0.29, 0.717) is 5.56 Å². The highest BCUT2D eigenvalue weighted by Gasteiger charge is 2.04. The Balaban J connectivity index is 2.73. The number of rotatable bonds is 2. The molecule has 0 aromatic heterocycles. The second-order valence-electron chi connectivity index (χ2n) is 2.64. The van der Waals surface area contributed by atoms with E-state index in [-0.39, 0.29) is 11.1 Å². The molecule has 4 heteroatoms. The van der Waals surface area contributed by atoms with Gasteiger partial charge in [-0.15, -0.1) is 0 Å². The van der Waals surface area contributed by atoms with E-state index in [1.165, 1.54) is 14.0 Å². The Kier molecular flexibility index (Phi) is 3.71. The van der Waals surface area contributed by atoms with E-state index in [0.717, 1.165) is 16.7 Å². The highest BCUT2D eigenvalue weighted by Crippen LogP contribution is 2.20. The Labute approximate surface area is 86.5 Å². The minimum Gasteiger partial charge on any atom is -0.461 e. The Bertz CT molecular complexity index is 343. The maximum Gasteiger partial charge on any atom is 0.371 e. The molecule has 0 aliphatic rings. The summed E-state index contributed by atoms with van der Waals surface area (Å²) in [6.07, 6.45) is 0. The van der Waals surface area contributed by atoms with E-state index in [9.17, 15) is 9.59 Å². The van der Waals surface area contributed by atoms with Crippen molar-refractivity contribution in [2.75, 3.05) is 7.11 Å². The first-order valence-electron chi connectivity index (χ1n) is 4.00. The fourth-order valence-electron chi connectivity index (χ4n) is 0.896. The molecule has 0 unspecified atom stereocenters. The van der Waals surface area contributed by atoms with Gasteiger partial charge in [0.2, 0.25) is 0 Å². The molecule has 0 amide bonds. The third-order valence-electron chi connectivity index (χ3n) is 1.63. The number of Topliss-reactive ketones (excluding diaryl/α,β-unsaturated/α-hetero) is 1. The smallest absolute Gasteiger partial charge is 0.371 e. The number of thioether (sulfide) groups is 1. The second-order valence-corrected chi connectivity index (χ2v) is 3.65. The normalized spacial score (nSPS) is 9.57. The number of benzene rings is 1. The summed E-state index contributed by atoms with van der Waals surface area (Å²) in [5.74, 6) is 0.0135. The Hall–Kier alpha value is -1.29. The van der Waals surface area contributed by atoms with Crippen molar-refractivity contribution in [2.24, 2.45) is 0 Å². The van der Waals surface area contributed by atoms with Gasteiger partial charge in [0.05, 0.1) is 7.11 Å².